The van der Waals surface area contributed by atoms with Crippen molar-refractivity contribution in [3.63, 3.8) is 0 Å². The van der Waals surface area contributed by atoms with Crippen LogP contribution in [0.2, 0.25) is 0 Å². The molecule has 1 amide bonds. The molecule has 0 aliphatic carbocycles. The summed E-state index contributed by atoms with van der Waals surface area (Å²) in [6.07, 6.45) is 0.373. The molecule has 0 heterocycles. The Kier molecular flexibility index (Phi) is 6.39. The molecule has 0 aliphatic heterocycles. The van der Waals surface area contributed by atoms with Gasteiger partial charge in [-0.25, -0.2) is 0 Å². The SMILES string of the molecule is COc1ccc(NC(=O)[C@H](Cc2cc(C)cc(C)c2)[C@H](C)C(=O)O)cc1. The Labute approximate surface area is 154 Å². The fourth-order valence-electron chi connectivity index (χ4n) is 3.02. The number of aryl methyl sites for hydroxylation is 2. The third-order valence-corrected chi connectivity index (χ3v) is 4.42. The van der Waals surface area contributed by atoms with E-state index < -0.39 is 17.8 Å². The number of carboxylic acid groups (broad SMARTS) is 1. The van der Waals surface area contributed by atoms with Gasteiger partial charge in [-0.15, -0.1) is 0 Å². The van der Waals surface area contributed by atoms with Crippen molar-refractivity contribution in [2.45, 2.75) is 27.2 Å². The van der Waals surface area contributed by atoms with E-state index in [9.17, 15) is 14.7 Å². The van der Waals surface area contributed by atoms with Crippen LogP contribution in [0, 0.1) is 25.7 Å². The maximum atomic E-state index is 12.8. The van der Waals surface area contributed by atoms with Crippen LogP contribution >= 0.6 is 0 Å². The minimum absolute atomic E-state index is 0.302. The molecule has 0 aliphatic rings. The van der Waals surface area contributed by atoms with Gasteiger partial charge >= 0.3 is 5.97 Å². The van der Waals surface area contributed by atoms with Gasteiger partial charge in [0.2, 0.25) is 5.91 Å². The summed E-state index contributed by atoms with van der Waals surface area (Å²) in [5, 5.41) is 12.2. The van der Waals surface area contributed by atoms with Gasteiger partial charge in [-0.05, 0) is 50.1 Å². The molecule has 0 spiro atoms. The van der Waals surface area contributed by atoms with Crippen molar-refractivity contribution in [1.29, 1.82) is 0 Å². The first kappa shape index (κ1) is 19.5. The molecule has 2 N–H and O–H groups in total. The monoisotopic (exact) mass is 355 g/mol. The fraction of sp³-hybridized carbons (Fsp3) is 0.333. The number of aliphatic carboxylic acids is 1. The van der Waals surface area contributed by atoms with Crippen molar-refractivity contribution in [2.24, 2.45) is 11.8 Å². The molecule has 2 atom stereocenters. The molecule has 26 heavy (non-hydrogen) atoms. The summed E-state index contributed by atoms with van der Waals surface area (Å²) in [5.41, 5.74) is 3.76. The minimum Gasteiger partial charge on any atom is -0.497 e. The third kappa shape index (κ3) is 5.09. The van der Waals surface area contributed by atoms with Gasteiger partial charge in [-0.1, -0.05) is 36.2 Å². The van der Waals surface area contributed by atoms with Crippen LogP contribution in [0.1, 0.15) is 23.6 Å². The van der Waals surface area contributed by atoms with E-state index in [-0.39, 0.29) is 5.91 Å². The summed E-state index contributed by atoms with van der Waals surface area (Å²) >= 11 is 0. The topological polar surface area (TPSA) is 75.6 Å². The molecule has 138 valence electrons. The van der Waals surface area contributed by atoms with E-state index in [1.165, 1.54) is 0 Å². The molecule has 0 fully saturated rings. The van der Waals surface area contributed by atoms with E-state index in [0.29, 0.717) is 17.9 Å². The summed E-state index contributed by atoms with van der Waals surface area (Å²) in [4.78, 5) is 24.3. The Balaban J connectivity index is 2.22. The molecule has 0 aromatic heterocycles. The average Bonchev–Trinajstić information content (AvgIpc) is 2.58. The van der Waals surface area contributed by atoms with Gasteiger partial charge < -0.3 is 15.2 Å². The molecule has 0 radical (unpaired) electrons. The number of benzene rings is 2. The largest absolute Gasteiger partial charge is 0.497 e. The highest BCUT2D eigenvalue weighted by atomic mass is 16.5. The predicted octanol–water partition coefficient (Wildman–Crippen LogP) is 3.83. The molecule has 0 saturated carbocycles. The molecule has 5 nitrogen and oxygen atoms in total. The number of carboxylic acids is 1. The van der Waals surface area contributed by atoms with E-state index in [1.54, 1.807) is 38.3 Å². The highest BCUT2D eigenvalue weighted by Crippen LogP contribution is 2.23. The number of methoxy groups -OCH3 is 1. The van der Waals surface area contributed by atoms with Crippen molar-refractivity contribution in [3.8, 4) is 5.75 Å². The second-order valence-corrected chi connectivity index (χ2v) is 6.65. The zero-order valence-electron chi connectivity index (χ0n) is 15.6. The average molecular weight is 355 g/mol. The van der Waals surface area contributed by atoms with Crippen LogP contribution in [0.5, 0.6) is 5.75 Å². The summed E-state index contributed by atoms with van der Waals surface area (Å²) in [7, 11) is 1.57. The van der Waals surface area contributed by atoms with Crippen molar-refractivity contribution < 1.29 is 19.4 Å². The smallest absolute Gasteiger partial charge is 0.307 e. The Morgan fingerprint density at radius 2 is 1.65 bits per heavy atom. The predicted molar refractivity (Wildman–Crippen MR) is 102 cm³/mol. The minimum atomic E-state index is -0.982. The molecule has 2 aromatic carbocycles. The first-order chi connectivity index (χ1) is 12.3. The summed E-state index contributed by atoms with van der Waals surface area (Å²) in [5.74, 6) is -2.06. The number of hydrogen-bond acceptors (Lipinski definition) is 3. The van der Waals surface area contributed by atoms with Crippen molar-refractivity contribution in [2.75, 3.05) is 12.4 Å². The second-order valence-electron chi connectivity index (χ2n) is 6.65. The lowest BCUT2D eigenvalue weighted by molar-refractivity contribution is -0.145. The summed E-state index contributed by atoms with van der Waals surface area (Å²) in [6, 6.07) is 13.0. The molecule has 2 aromatic rings. The van der Waals surface area contributed by atoms with Crippen LogP contribution in [0.4, 0.5) is 5.69 Å². The molecule has 0 bridgehead atoms. The van der Waals surface area contributed by atoms with E-state index in [2.05, 4.69) is 11.4 Å². The third-order valence-electron chi connectivity index (χ3n) is 4.42. The highest BCUT2D eigenvalue weighted by molar-refractivity contribution is 5.95. The van der Waals surface area contributed by atoms with Crippen molar-refractivity contribution in [3.05, 3.63) is 59.2 Å². The fourth-order valence-corrected chi connectivity index (χ4v) is 3.02. The van der Waals surface area contributed by atoms with Crippen LogP contribution in [0.3, 0.4) is 0 Å². The summed E-state index contributed by atoms with van der Waals surface area (Å²) < 4.78 is 5.10. The molecule has 2 rings (SSSR count). The lowest BCUT2D eigenvalue weighted by atomic mass is 9.86. The van der Waals surface area contributed by atoms with Crippen LogP contribution in [0.25, 0.3) is 0 Å². The van der Waals surface area contributed by atoms with Gasteiger partial charge in [0.05, 0.1) is 18.9 Å². The van der Waals surface area contributed by atoms with Gasteiger partial charge in [0, 0.05) is 5.69 Å². The van der Waals surface area contributed by atoms with Gasteiger partial charge in [-0.3, -0.25) is 9.59 Å². The maximum Gasteiger partial charge on any atom is 0.307 e. The van der Waals surface area contributed by atoms with Crippen LogP contribution in [0.15, 0.2) is 42.5 Å². The Morgan fingerprint density at radius 3 is 2.15 bits per heavy atom. The van der Waals surface area contributed by atoms with Crippen molar-refractivity contribution in [1.82, 2.24) is 0 Å². The van der Waals surface area contributed by atoms with Crippen LogP contribution in [-0.4, -0.2) is 24.1 Å². The number of anilines is 1. The Bertz CT molecular complexity index is 763. The van der Waals surface area contributed by atoms with E-state index in [4.69, 9.17) is 4.74 Å². The Hall–Kier alpha value is -2.82. The van der Waals surface area contributed by atoms with Gasteiger partial charge in [0.25, 0.3) is 0 Å². The normalized spacial score (nSPS) is 12.9. The maximum absolute atomic E-state index is 12.8. The number of carbonyl (C=O) groups excluding carboxylic acids is 1. The number of amides is 1. The van der Waals surface area contributed by atoms with Gasteiger partial charge in [0.15, 0.2) is 0 Å². The summed E-state index contributed by atoms with van der Waals surface area (Å²) in [6.45, 7) is 5.55. The lowest BCUT2D eigenvalue weighted by Gasteiger charge is -2.21. The molecule has 5 heteroatoms. The van der Waals surface area contributed by atoms with Crippen LogP contribution in [-0.2, 0) is 16.0 Å². The molecular weight excluding hydrogens is 330 g/mol. The first-order valence-corrected chi connectivity index (χ1v) is 8.55. The number of rotatable bonds is 7. The second kappa shape index (κ2) is 8.52. The Morgan fingerprint density at radius 1 is 1.08 bits per heavy atom. The lowest BCUT2D eigenvalue weighted by Crippen LogP contribution is -2.33. The number of carbonyl (C=O) groups is 2. The van der Waals surface area contributed by atoms with E-state index in [1.807, 2.05) is 26.0 Å². The van der Waals surface area contributed by atoms with E-state index >= 15 is 0 Å². The molecular formula is C21H25NO4. The highest BCUT2D eigenvalue weighted by Gasteiger charge is 2.30. The number of ether oxygens (including phenoxy) is 1. The van der Waals surface area contributed by atoms with Gasteiger partial charge in [-0.2, -0.15) is 0 Å². The van der Waals surface area contributed by atoms with Crippen LogP contribution < -0.4 is 10.1 Å². The molecule has 0 saturated heterocycles. The quantitative estimate of drug-likeness (QED) is 0.791. The molecule has 0 unspecified atom stereocenters. The number of nitrogens with one attached hydrogen (secondary N) is 1. The zero-order valence-corrected chi connectivity index (χ0v) is 15.6. The first-order valence-electron chi connectivity index (χ1n) is 8.55. The van der Waals surface area contributed by atoms with E-state index in [0.717, 1.165) is 16.7 Å². The zero-order chi connectivity index (χ0) is 19.3. The standard InChI is InChI=1S/C21H25NO4/c1-13-9-14(2)11-16(10-13)12-19(15(3)21(24)25)20(23)22-17-5-7-18(26-4)8-6-17/h5-11,15,19H,12H2,1-4H3,(H,22,23)(H,24,25)/t15-,19+/m0/s1. The number of hydrogen-bond donors (Lipinski definition) is 2. The van der Waals surface area contributed by atoms with Gasteiger partial charge in [0.1, 0.15) is 5.75 Å². The van der Waals surface area contributed by atoms with Crippen molar-refractivity contribution >= 4 is 17.6 Å².